The summed E-state index contributed by atoms with van der Waals surface area (Å²) < 4.78 is 0. The largest absolute Gasteiger partial charge is 0.481 e. The molecule has 1 fully saturated rings. The van der Waals surface area contributed by atoms with Crippen LogP contribution in [0.25, 0.3) is 0 Å². The molecule has 7 nitrogen and oxygen atoms in total. The second-order valence-electron chi connectivity index (χ2n) is 3.10. The van der Waals surface area contributed by atoms with Gasteiger partial charge in [0.25, 0.3) is 5.24 Å². The third-order valence-electron chi connectivity index (χ3n) is 1.91. The summed E-state index contributed by atoms with van der Waals surface area (Å²) in [4.78, 5) is 44.2. The van der Waals surface area contributed by atoms with E-state index in [0.29, 0.717) is 11.8 Å². The number of imide groups is 1. The van der Waals surface area contributed by atoms with Gasteiger partial charge in [-0.05, 0) is 0 Å². The highest BCUT2D eigenvalue weighted by atomic mass is 32.2. The van der Waals surface area contributed by atoms with E-state index >= 15 is 0 Å². The zero-order valence-corrected chi connectivity index (χ0v) is 8.90. The minimum absolute atomic E-state index is 0.212. The van der Waals surface area contributed by atoms with Crippen LogP contribution in [0.5, 0.6) is 0 Å². The highest BCUT2D eigenvalue weighted by molar-refractivity contribution is 8.15. The first-order valence-corrected chi connectivity index (χ1v) is 5.25. The lowest BCUT2D eigenvalue weighted by Crippen LogP contribution is -2.34. The molecule has 0 aromatic heterocycles. The van der Waals surface area contributed by atoms with Crippen LogP contribution in [-0.2, 0) is 14.4 Å². The predicted octanol–water partition coefficient (Wildman–Crippen LogP) is -0.000200. The normalized spacial score (nSPS) is 20.2. The number of amides is 2. The number of nitrogens with zero attached hydrogens (tertiary/aromatic N) is 1. The summed E-state index contributed by atoms with van der Waals surface area (Å²) in [5.74, 6) is -2.91. The lowest BCUT2D eigenvalue weighted by molar-refractivity contribution is -0.140. The molecule has 8 heteroatoms. The van der Waals surface area contributed by atoms with E-state index in [-0.39, 0.29) is 13.0 Å². The van der Waals surface area contributed by atoms with Crippen molar-refractivity contribution in [2.45, 2.75) is 18.1 Å². The van der Waals surface area contributed by atoms with Crippen molar-refractivity contribution in [1.82, 2.24) is 4.90 Å². The van der Waals surface area contributed by atoms with Crippen LogP contribution in [-0.4, -0.2) is 50.0 Å². The summed E-state index contributed by atoms with van der Waals surface area (Å²) >= 11 is 0.625. The van der Waals surface area contributed by atoms with Crippen LogP contribution in [0.3, 0.4) is 0 Å². The summed E-state index contributed by atoms with van der Waals surface area (Å²) in [6, 6.07) is 0. The summed E-state index contributed by atoms with van der Waals surface area (Å²) in [6.07, 6.45) is -0.767. The lowest BCUT2D eigenvalue weighted by atomic mass is 10.2. The van der Waals surface area contributed by atoms with Gasteiger partial charge < -0.3 is 10.2 Å². The quantitative estimate of drug-likeness (QED) is 0.703. The van der Waals surface area contributed by atoms with Crippen LogP contribution in [0.15, 0.2) is 0 Å². The van der Waals surface area contributed by atoms with Crippen LogP contribution in [0.1, 0.15) is 12.8 Å². The molecule has 0 unspecified atom stereocenters. The minimum atomic E-state index is -1.17. The minimum Gasteiger partial charge on any atom is -0.481 e. The molecule has 0 bridgehead atoms. The van der Waals surface area contributed by atoms with Crippen molar-refractivity contribution in [1.29, 1.82) is 0 Å². The fourth-order valence-electron chi connectivity index (χ4n) is 1.20. The molecule has 0 aromatic carbocycles. The van der Waals surface area contributed by atoms with Gasteiger partial charge in [-0.25, -0.2) is 0 Å². The van der Waals surface area contributed by atoms with Gasteiger partial charge in [-0.1, -0.05) is 11.8 Å². The SMILES string of the molecule is O=C(O)CCN1C(=O)S[C@H](CC(=O)O)C1=O. The molecule has 0 aromatic rings. The van der Waals surface area contributed by atoms with Crippen molar-refractivity contribution < 1.29 is 29.4 Å². The van der Waals surface area contributed by atoms with Crippen molar-refractivity contribution in [3.8, 4) is 0 Å². The number of rotatable bonds is 5. The van der Waals surface area contributed by atoms with Gasteiger partial charge in [0.2, 0.25) is 5.91 Å². The van der Waals surface area contributed by atoms with Crippen LogP contribution in [0, 0.1) is 0 Å². The van der Waals surface area contributed by atoms with Crippen molar-refractivity contribution in [2.24, 2.45) is 0 Å². The fraction of sp³-hybridized carbons (Fsp3) is 0.500. The maximum Gasteiger partial charge on any atom is 0.305 e. The Morgan fingerprint density at radius 1 is 1.25 bits per heavy atom. The molecule has 88 valence electrons. The highest BCUT2D eigenvalue weighted by Crippen LogP contribution is 2.29. The number of hydrogen-bond acceptors (Lipinski definition) is 5. The molecule has 16 heavy (non-hydrogen) atoms. The number of thioether (sulfide) groups is 1. The van der Waals surface area contributed by atoms with Crippen LogP contribution < -0.4 is 0 Å². The number of aliphatic carboxylic acids is 2. The van der Waals surface area contributed by atoms with Crippen molar-refractivity contribution in [3.63, 3.8) is 0 Å². The van der Waals surface area contributed by atoms with E-state index in [1.54, 1.807) is 0 Å². The van der Waals surface area contributed by atoms with Gasteiger partial charge in [-0.3, -0.25) is 24.1 Å². The molecular formula is C8H9NO6S. The zero-order chi connectivity index (χ0) is 12.3. The van der Waals surface area contributed by atoms with E-state index in [2.05, 4.69) is 0 Å². The van der Waals surface area contributed by atoms with E-state index in [1.165, 1.54) is 0 Å². The highest BCUT2D eigenvalue weighted by Gasteiger charge is 2.40. The van der Waals surface area contributed by atoms with E-state index in [0.717, 1.165) is 4.90 Å². The monoisotopic (exact) mass is 247 g/mol. The summed E-state index contributed by atoms with van der Waals surface area (Å²) in [5.41, 5.74) is 0. The summed E-state index contributed by atoms with van der Waals surface area (Å²) in [6.45, 7) is -0.212. The molecule has 2 amide bonds. The van der Waals surface area contributed by atoms with Crippen molar-refractivity contribution in [3.05, 3.63) is 0 Å². The molecule has 1 aliphatic heterocycles. The first-order valence-electron chi connectivity index (χ1n) is 4.37. The van der Waals surface area contributed by atoms with Gasteiger partial charge in [-0.15, -0.1) is 0 Å². The topological polar surface area (TPSA) is 112 Å². The second kappa shape index (κ2) is 4.97. The smallest absolute Gasteiger partial charge is 0.305 e. The second-order valence-corrected chi connectivity index (χ2v) is 4.26. The Balaban J connectivity index is 2.60. The number of hydrogen-bond donors (Lipinski definition) is 2. The standard InChI is InChI=1S/C8H9NO6S/c10-5(11)1-2-9-7(14)4(3-6(12)13)16-8(9)15/h4H,1-3H2,(H,10,11)(H,12,13)/t4-/m1/s1. The van der Waals surface area contributed by atoms with Gasteiger partial charge >= 0.3 is 11.9 Å². The Hall–Kier alpha value is -1.57. The van der Waals surface area contributed by atoms with Crippen molar-refractivity contribution >= 4 is 34.8 Å². The van der Waals surface area contributed by atoms with Gasteiger partial charge in [0.05, 0.1) is 12.8 Å². The van der Waals surface area contributed by atoms with Crippen LogP contribution in [0.2, 0.25) is 0 Å². The Kier molecular flexibility index (Phi) is 3.88. The van der Waals surface area contributed by atoms with E-state index in [9.17, 15) is 19.2 Å². The molecule has 0 aliphatic carbocycles. The number of carbonyl (C=O) groups is 4. The number of carboxylic acid groups (broad SMARTS) is 2. The van der Waals surface area contributed by atoms with Gasteiger partial charge in [0.15, 0.2) is 0 Å². The Morgan fingerprint density at radius 2 is 1.88 bits per heavy atom. The first kappa shape index (κ1) is 12.5. The van der Waals surface area contributed by atoms with Crippen LogP contribution in [0.4, 0.5) is 4.79 Å². The van der Waals surface area contributed by atoms with E-state index in [1.807, 2.05) is 0 Å². The molecule has 1 aliphatic rings. The van der Waals surface area contributed by atoms with E-state index < -0.39 is 34.8 Å². The predicted molar refractivity (Wildman–Crippen MR) is 53.0 cm³/mol. The maximum atomic E-state index is 11.5. The summed E-state index contributed by atoms with van der Waals surface area (Å²) in [7, 11) is 0. The summed E-state index contributed by atoms with van der Waals surface area (Å²) in [5, 5.41) is 15.4. The average Bonchev–Trinajstić information content (AvgIpc) is 2.39. The van der Waals surface area contributed by atoms with Crippen LogP contribution >= 0.6 is 11.8 Å². The maximum absolute atomic E-state index is 11.5. The molecule has 1 rings (SSSR count). The lowest BCUT2D eigenvalue weighted by Gasteiger charge is -2.11. The average molecular weight is 247 g/mol. The third kappa shape index (κ3) is 2.96. The molecular weight excluding hydrogens is 238 g/mol. The molecule has 0 radical (unpaired) electrons. The number of carbonyl (C=O) groups excluding carboxylic acids is 2. The van der Waals surface area contributed by atoms with Crippen molar-refractivity contribution in [2.75, 3.05) is 6.54 Å². The van der Waals surface area contributed by atoms with E-state index in [4.69, 9.17) is 10.2 Å². The molecule has 2 N–H and O–H groups in total. The number of carboxylic acids is 2. The molecule has 0 spiro atoms. The Bertz CT molecular complexity index is 354. The molecule has 0 saturated carbocycles. The zero-order valence-electron chi connectivity index (χ0n) is 8.08. The van der Waals surface area contributed by atoms with Gasteiger partial charge in [0, 0.05) is 6.54 Å². The third-order valence-corrected chi connectivity index (χ3v) is 2.99. The molecule has 1 saturated heterocycles. The Labute approximate surface area is 94.4 Å². The first-order chi connectivity index (χ1) is 7.41. The van der Waals surface area contributed by atoms with Gasteiger partial charge in [0.1, 0.15) is 5.25 Å². The Morgan fingerprint density at radius 3 is 2.38 bits per heavy atom. The van der Waals surface area contributed by atoms with Gasteiger partial charge in [-0.2, -0.15) is 0 Å². The molecule has 1 atom stereocenters. The fourth-order valence-corrected chi connectivity index (χ4v) is 2.20. The molecule has 1 heterocycles.